The molecule has 1 aliphatic carbocycles. The molecule has 2 fully saturated rings. The summed E-state index contributed by atoms with van der Waals surface area (Å²) in [6.45, 7) is 24.9. The Hall–Kier alpha value is -6.13. The quantitative estimate of drug-likeness (QED) is 0.0337. The minimum absolute atomic E-state index is 0.0459. The van der Waals surface area contributed by atoms with Gasteiger partial charge < -0.3 is 62.1 Å². The zero-order chi connectivity index (χ0) is 62.6. The Labute approximate surface area is 493 Å². The molecule has 2 heterocycles. The highest BCUT2D eigenvalue weighted by Gasteiger charge is 2.42. The number of amides is 10. The van der Waals surface area contributed by atoms with Crippen molar-refractivity contribution in [2.45, 2.75) is 246 Å². The van der Waals surface area contributed by atoms with Gasteiger partial charge in [0.15, 0.2) is 11.6 Å². The number of hydrogen-bond acceptors (Lipinski definition) is 13. The fraction of sp³-hybridized carbons (Fsp3) is 0.783. The van der Waals surface area contributed by atoms with Crippen LogP contribution in [0.1, 0.15) is 209 Å². The predicted molar refractivity (Wildman–Crippen MR) is 317 cm³/mol. The molecule has 83 heavy (non-hydrogen) atoms. The minimum Gasteiger partial charge on any atom is -0.448 e. The van der Waals surface area contributed by atoms with E-state index in [0.717, 1.165) is 57.9 Å². The average Bonchev–Trinajstić information content (AvgIpc) is 4.20. The van der Waals surface area contributed by atoms with Crippen LogP contribution in [0.15, 0.2) is 10.7 Å². The molecule has 23 heteroatoms. The maximum Gasteiger partial charge on any atom is 0.277 e. The molecule has 0 radical (unpaired) electrons. The number of likely N-dealkylation sites (N-methyl/N-ethyl adjacent to an activating group) is 1. The molecule has 1 aromatic rings. The fourth-order valence-electron chi connectivity index (χ4n) is 10.3. The van der Waals surface area contributed by atoms with E-state index in [9.17, 15) is 47.9 Å². The first-order valence-electron chi connectivity index (χ1n) is 30.3. The van der Waals surface area contributed by atoms with E-state index in [0.29, 0.717) is 31.7 Å². The van der Waals surface area contributed by atoms with E-state index in [1.54, 1.807) is 6.92 Å². The van der Waals surface area contributed by atoms with Crippen LogP contribution >= 0.6 is 0 Å². The topological polar surface area (TPSA) is 311 Å². The number of nitrogens with zero attached hydrogens (tertiary/aromatic N) is 3. The first-order valence-corrected chi connectivity index (χ1v) is 30.3. The van der Waals surface area contributed by atoms with E-state index < -0.39 is 100.0 Å². The van der Waals surface area contributed by atoms with Crippen molar-refractivity contribution < 1.29 is 52.4 Å². The van der Waals surface area contributed by atoms with Gasteiger partial charge in [-0.15, -0.1) is 0 Å². The Morgan fingerprint density at radius 2 is 1.18 bits per heavy atom. The van der Waals surface area contributed by atoms with Crippen molar-refractivity contribution in [3.05, 3.63) is 17.8 Å². The van der Waals surface area contributed by atoms with Crippen LogP contribution in [0.5, 0.6) is 0 Å². The van der Waals surface area contributed by atoms with Gasteiger partial charge in [0.1, 0.15) is 53.1 Å². The van der Waals surface area contributed by atoms with Crippen molar-refractivity contribution in [3.8, 4) is 0 Å². The molecule has 5 atom stereocenters. The van der Waals surface area contributed by atoms with E-state index in [2.05, 4.69) is 59.8 Å². The molecule has 470 valence electrons. The summed E-state index contributed by atoms with van der Waals surface area (Å²) < 4.78 is 5.26. The molecule has 2 aliphatic rings. The summed E-state index contributed by atoms with van der Waals surface area (Å²) >= 11 is 0. The van der Waals surface area contributed by atoms with Crippen LogP contribution < -0.4 is 47.9 Å². The van der Waals surface area contributed by atoms with Gasteiger partial charge in [0.05, 0.1) is 5.54 Å². The molecular formula is C60H104N12O11. The van der Waals surface area contributed by atoms with E-state index in [1.807, 2.05) is 60.5 Å². The SMILES string of the molecule is CCCCCCCC[C@@H](C(=O)N[C@@H](CC(C)C)C(=O)NC(C)(C)C(=O)N[C@@H](CC(C)C)C(=O)N[C@@H](CC(C)C)C(=O)NC(C)(C)C(=O)NC(C)(C)C(=O)NCCC(=O)NC1(CN(C)C)CCC1)C(=O)N[C@@H]1CCCN1C(=O)c1coc(C)n1. The summed E-state index contributed by atoms with van der Waals surface area (Å²) in [6.07, 6.45) is 10.6. The molecule has 0 bridgehead atoms. The number of likely N-dealkylation sites (tertiary alicyclic amines) is 1. The highest BCUT2D eigenvalue weighted by molar-refractivity contribution is 6.03. The van der Waals surface area contributed by atoms with Gasteiger partial charge in [0.2, 0.25) is 53.2 Å². The number of aromatic nitrogens is 1. The van der Waals surface area contributed by atoms with Crippen molar-refractivity contribution in [2.24, 2.45) is 23.7 Å². The molecule has 10 amide bonds. The first kappa shape index (κ1) is 71.1. The van der Waals surface area contributed by atoms with Gasteiger partial charge in [0.25, 0.3) is 5.91 Å². The minimum atomic E-state index is -1.65. The predicted octanol–water partition coefficient (Wildman–Crippen LogP) is 4.41. The van der Waals surface area contributed by atoms with Gasteiger partial charge in [-0.2, -0.15) is 0 Å². The molecule has 23 nitrogen and oxygen atoms in total. The molecular weight excluding hydrogens is 1060 g/mol. The van der Waals surface area contributed by atoms with Crippen molar-refractivity contribution in [1.82, 2.24) is 62.6 Å². The van der Waals surface area contributed by atoms with Gasteiger partial charge in [-0.05, 0) is 131 Å². The summed E-state index contributed by atoms with van der Waals surface area (Å²) in [5, 5.41) is 25.4. The number of unbranched alkanes of at least 4 members (excludes halogenated alkanes) is 5. The van der Waals surface area contributed by atoms with Crippen LogP contribution in [0.4, 0.5) is 0 Å². The van der Waals surface area contributed by atoms with Crippen LogP contribution in [0.2, 0.25) is 0 Å². The number of rotatable bonds is 35. The van der Waals surface area contributed by atoms with Crippen LogP contribution in [-0.4, -0.2) is 154 Å². The van der Waals surface area contributed by atoms with E-state index in [1.165, 1.54) is 52.7 Å². The number of aryl methyl sites for hydroxylation is 1. The summed E-state index contributed by atoms with van der Waals surface area (Å²) in [5.74, 6) is -7.06. The van der Waals surface area contributed by atoms with Crippen LogP contribution in [0, 0.1) is 30.6 Å². The molecule has 0 aromatic carbocycles. The van der Waals surface area contributed by atoms with Crippen molar-refractivity contribution in [1.29, 1.82) is 0 Å². The zero-order valence-corrected chi connectivity index (χ0v) is 53.0. The summed E-state index contributed by atoms with van der Waals surface area (Å²) in [4.78, 5) is 146. The third kappa shape index (κ3) is 23.1. The fourth-order valence-corrected chi connectivity index (χ4v) is 10.3. The number of carbonyl (C=O) groups excluding carboxylic acids is 10. The molecule has 0 unspecified atom stereocenters. The van der Waals surface area contributed by atoms with Gasteiger partial charge >= 0.3 is 0 Å². The molecule has 9 N–H and O–H groups in total. The highest BCUT2D eigenvalue weighted by Crippen LogP contribution is 2.32. The van der Waals surface area contributed by atoms with Crippen molar-refractivity contribution in [2.75, 3.05) is 33.7 Å². The molecule has 3 rings (SSSR count). The van der Waals surface area contributed by atoms with E-state index >= 15 is 0 Å². The standard InChI is InChI=1S/C60H104N12O11/c1-17-18-19-20-21-22-25-41(49(75)66-46-26-23-31-72(46)53(79)45-35-83-40(8)62-45)48(74)63-43(33-38(4)5)51(77)68-58(11,12)55(81)65-42(32-37(2)3)50(76)64-44(34-39(6)7)52(78)69-59(13,14)56(82)70-57(9,10)54(80)61-30-27-47(73)67-60(28-24-29-60)36-71(15)16/h35,37-39,41-44,46H,17-34,36H2,1-16H3,(H,61,80)(H,63,74)(H,64,76)(H,65,81)(H,66,75)(H,67,73)(H,68,77)(H,69,78)(H,70,82)/t41-,42-,43-,44-,46-/m0/s1. The van der Waals surface area contributed by atoms with Gasteiger partial charge in [0, 0.05) is 33.0 Å². The number of hydrogen-bond donors (Lipinski definition) is 9. The van der Waals surface area contributed by atoms with E-state index in [-0.39, 0.29) is 73.5 Å². The normalized spacial score (nSPS) is 16.7. The molecule has 1 aromatic heterocycles. The first-order chi connectivity index (χ1) is 38.6. The van der Waals surface area contributed by atoms with Crippen molar-refractivity contribution in [3.63, 3.8) is 0 Å². The molecule has 1 aliphatic heterocycles. The Balaban J connectivity index is 1.71. The number of carbonyl (C=O) groups is 10. The van der Waals surface area contributed by atoms with Gasteiger partial charge in [-0.25, -0.2) is 4.98 Å². The number of oxazole rings is 1. The second-order valence-corrected chi connectivity index (χ2v) is 26.3. The lowest BCUT2D eigenvalue weighted by Crippen LogP contribution is -2.65. The van der Waals surface area contributed by atoms with Gasteiger partial charge in [-0.3, -0.25) is 47.9 Å². The van der Waals surface area contributed by atoms with Crippen LogP contribution in [-0.2, 0) is 43.2 Å². The largest absolute Gasteiger partial charge is 0.448 e. The second kappa shape index (κ2) is 32.2. The smallest absolute Gasteiger partial charge is 0.277 e. The zero-order valence-electron chi connectivity index (χ0n) is 53.0. The Kier molecular flexibility index (Phi) is 27.6. The van der Waals surface area contributed by atoms with Crippen LogP contribution in [0.3, 0.4) is 0 Å². The lowest BCUT2D eigenvalue weighted by molar-refractivity contribution is -0.140. The highest BCUT2D eigenvalue weighted by atomic mass is 16.3. The summed E-state index contributed by atoms with van der Waals surface area (Å²) in [7, 11) is 3.91. The maximum absolute atomic E-state index is 14.3. The van der Waals surface area contributed by atoms with Gasteiger partial charge in [-0.1, -0.05) is 87.0 Å². The Bertz CT molecular complexity index is 2380. The molecule has 1 saturated heterocycles. The monoisotopic (exact) mass is 1170 g/mol. The summed E-state index contributed by atoms with van der Waals surface area (Å²) in [6, 6.07) is -3.51. The lowest BCUT2D eigenvalue weighted by atomic mass is 9.76. The number of nitrogens with one attached hydrogen (secondary N) is 9. The van der Waals surface area contributed by atoms with E-state index in [4.69, 9.17) is 4.42 Å². The third-order valence-electron chi connectivity index (χ3n) is 15.1. The second-order valence-electron chi connectivity index (χ2n) is 26.3. The average molecular weight is 1170 g/mol. The lowest BCUT2D eigenvalue weighted by Gasteiger charge is -2.44. The Morgan fingerprint density at radius 3 is 1.69 bits per heavy atom. The third-order valence-corrected chi connectivity index (χ3v) is 15.1. The molecule has 0 spiro atoms. The Morgan fingerprint density at radius 1 is 0.663 bits per heavy atom. The van der Waals surface area contributed by atoms with Crippen LogP contribution in [0.25, 0.3) is 0 Å². The molecule has 1 saturated carbocycles. The maximum atomic E-state index is 14.3. The van der Waals surface area contributed by atoms with Crippen molar-refractivity contribution >= 4 is 59.1 Å². The summed E-state index contributed by atoms with van der Waals surface area (Å²) in [5.41, 5.74) is -4.85.